The van der Waals surface area contributed by atoms with Crippen molar-refractivity contribution in [3.63, 3.8) is 0 Å². The lowest BCUT2D eigenvalue weighted by Crippen LogP contribution is -2.29. The number of esters is 1. The number of carbonyl (C=O) groups is 1. The summed E-state index contributed by atoms with van der Waals surface area (Å²) in [6, 6.07) is -0.0949. The zero-order valence-corrected chi connectivity index (χ0v) is 7.35. The lowest BCUT2D eigenvalue weighted by atomic mass is 10.2. The second-order valence-electron chi connectivity index (χ2n) is 2.29. The van der Waals surface area contributed by atoms with Crippen LogP contribution in [0.5, 0.6) is 0 Å². The standard InChI is InChI=1S/C6H10BrNO2/c1-8-5-2-4(3-7)10-6(5)9/h4-5,8H,2-3H2,1H3. The number of likely N-dealkylation sites (N-methyl/N-ethyl adjacent to an activating group) is 1. The van der Waals surface area contributed by atoms with Crippen molar-refractivity contribution < 1.29 is 9.53 Å². The first-order valence-electron chi connectivity index (χ1n) is 3.21. The highest BCUT2D eigenvalue weighted by Crippen LogP contribution is 2.15. The fourth-order valence-electron chi connectivity index (χ4n) is 0.984. The van der Waals surface area contributed by atoms with Gasteiger partial charge in [-0.25, -0.2) is 0 Å². The van der Waals surface area contributed by atoms with Crippen molar-refractivity contribution in [3.8, 4) is 0 Å². The topological polar surface area (TPSA) is 38.3 Å². The Morgan fingerprint density at radius 3 is 2.90 bits per heavy atom. The summed E-state index contributed by atoms with van der Waals surface area (Å²) in [7, 11) is 1.77. The maximum Gasteiger partial charge on any atom is 0.323 e. The van der Waals surface area contributed by atoms with Gasteiger partial charge in [-0.1, -0.05) is 15.9 Å². The quantitative estimate of drug-likeness (QED) is 0.523. The molecule has 1 fully saturated rings. The zero-order chi connectivity index (χ0) is 7.56. The summed E-state index contributed by atoms with van der Waals surface area (Å²) in [6.45, 7) is 0. The Kier molecular flexibility index (Phi) is 2.68. The molecule has 0 radical (unpaired) electrons. The molecule has 0 saturated carbocycles. The Balaban J connectivity index is 2.44. The van der Waals surface area contributed by atoms with Crippen LogP contribution in [-0.2, 0) is 9.53 Å². The van der Waals surface area contributed by atoms with E-state index in [9.17, 15) is 4.79 Å². The minimum absolute atomic E-state index is 0.0601. The molecule has 1 N–H and O–H groups in total. The SMILES string of the molecule is CNC1CC(CBr)OC1=O. The van der Waals surface area contributed by atoms with Crippen molar-refractivity contribution in [1.29, 1.82) is 0 Å². The second kappa shape index (κ2) is 3.34. The van der Waals surface area contributed by atoms with Gasteiger partial charge in [-0.05, 0) is 7.05 Å². The van der Waals surface area contributed by atoms with Gasteiger partial charge >= 0.3 is 5.97 Å². The molecule has 1 rings (SSSR count). The highest BCUT2D eigenvalue weighted by Gasteiger charge is 2.32. The smallest absolute Gasteiger partial charge is 0.323 e. The summed E-state index contributed by atoms with van der Waals surface area (Å²) in [5, 5.41) is 3.62. The predicted molar refractivity (Wildman–Crippen MR) is 41.1 cm³/mol. The number of halogens is 1. The second-order valence-corrected chi connectivity index (χ2v) is 2.94. The van der Waals surface area contributed by atoms with Gasteiger partial charge in [0.05, 0.1) is 0 Å². The number of hydrogen-bond donors (Lipinski definition) is 1. The number of hydrogen-bond acceptors (Lipinski definition) is 3. The van der Waals surface area contributed by atoms with E-state index >= 15 is 0 Å². The molecule has 58 valence electrons. The summed E-state index contributed by atoms with van der Waals surface area (Å²) in [5.74, 6) is -0.132. The molecule has 1 aliphatic rings. The van der Waals surface area contributed by atoms with Gasteiger partial charge in [0, 0.05) is 11.8 Å². The highest BCUT2D eigenvalue weighted by atomic mass is 79.9. The van der Waals surface area contributed by atoms with E-state index in [1.165, 1.54) is 0 Å². The van der Waals surface area contributed by atoms with Gasteiger partial charge < -0.3 is 10.1 Å². The number of alkyl halides is 1. The van der Waals surface area contributed by atoms with Crippen LogP contribution in [-0.4, -0.2) is 30.5 Å². The summed E-state index contributed by atoms with van der Waals surface area (Å²) in [6.07, 6.45) is 0.838. The average molecular weight is 208 g/mol. The minimum Gasteiger partial charge on any atom is -0.460 e. The fourth-order valence-corrected chi connectivity index (χ4v) is 1.38. The molecule has 1 heterocycles. The molecule has 0 bridgehead atoms. The molecule has 2 atom stereocenters. The van der Waals surface area contributed by atoms with Crippen molar-refractivity contribution >= 4 is 21.9 Å². The summed E-state index contributed by atoms with van der Waals surface area (Å²) < 4.78 is 4.97. The molecular weight excluding hydrogens is 198 g/mol. The molecule has 1 saturated heterocycles. The van der Waals surface area contributed by atoms with Gasteiger partial charge in [-0.15, -0.1) is 0 Å². The Bertz CT molecular complexity index is 140. The monoisotopic (exact) mass is 207 g/mol. The number of nitrogens with one attached hydrogen (secondary N) is 1. The van der Waals surface area contributed by atoms with Crippen LogP contribution in [0.4, 0.5) is 0 Å². The number of ether oxygens (including phenoxy) is 1. The largest absolute Gasteiger partial charge is 0.460 e. The van der Waals surface area contributed by atoms with Crippen LogP contribution in [0.3, 0.4) is 0 Å². The lowest BCUT2D eigenvalue weighted by Gasteiger charge is -2.00. The highest BCUT2D eigenvalue weighted by molar-refractivity contribution is 9.09. The molecule has 2 unspecified atom stereocenters. The van der Waals surface area contributed by atoms with Crippen molar-refractivity contribution in [2.75, 3.05) is 12.4 Å². The van der Waals surface area contributed by atoms with Gasteiger partial charge in [-0.2, -0.15) is 0 Å². The van der Waals surface area contributed by atoms with Gasteiger partial charge in [0.25, 0.3) is 0 Å². The molecule has 4 heteroatoms. The summed E-state index contributed by atoms with van der Waals surface area (Å²) in [5.41, 5.74) is 0. The molecular formula is C6H10BrNO2. The third kappa shape index (κ3) is 1.49. The first-order valence-corrected chi connectivity index (χ1v) is 4.33. The Morgan fingerprint density at radius 1 is 1.90 bits per heavy atom. The Hall–Kier alpha value is -0.0900. The van der Waals surface area contributed by atoms with E-state index in [2.05, 4.69) is 21.2 Å². The van der Waals surface area contributed by atoms with Crippen LogP contribution >= 0.6 is 15.9 Å². The van der Waals surface area contributed by atoms with Crippen LogP contribution in [0, 0.1) is 0 Å². The van der Waals surface area contributed by atoms with Gasteiger partial charge in [0.2, 0.25) is 0 Å². The van der Waals surface area contributed by atoms with Crippen LogP contribution in [0.15, 0.2) is 0 Å². The third-order valence-electron chi connectivity index (χ3n) is 1.59. The first kappa shape index (κ1) is 8.01. The van der Waals surface area contributed by atoms with Gasteiger partial charge in [-0.3, -0.25) is 4.79 Å². The molecule has 0 spiro atoms. The summed E-state index contributed by atoms with van der Waals surface area (Å²) >= 11 is 3.26. The van der Waals surface area contributed by atoms with E-state index in [0.29, 0.717) is 0 Å². The van der Waals surface area contributed by atoms with E-state index in [4.69, 9.17) is 4.74 Å². The van der Waals surface area contributed by atoms with Crippen molar-refractivity contribution in [3.05, 3.63) is 0 Å². The maximum atomic E-state index is 10.9. The molecule has 3 nitrogen and oxygen atoms in total. The van der Waals surface area contributed by atoms with E-state index in [0.717, 1.165) is 11.8 Å². The van der Waals surface area contributed by atoms with E-state index in [-0.39, 0.29) is 18.1 Å². The molecule has 1 aliphatic heterocycles. The number of cyclic esters (lactones) is 1. The fraction of sp³-hybridized carbons (Fsp3) is 0.833. The Morgan fingerprint density at radius 2 is 2.60 bits per heavy atom. The molecule has 0 aliphatic carbocycles. The first-order chi connectivity index (χ1) is 4.77. The van der Waals surface area contributed by atoms with Crippen LogP contribution < -0.4 is 5.32 Å². The molecule has 10 heavy (non-hydrogen) atoms. The lowest BCUT2D eigenvalue weighted by molar-refractivity contribution is -0.142. The van der Waals surface area contributed by atoms with E-state index in [1.54, 1.807) is 7.05 Å². The van der Waals surface area contributed by atoms with E-state index < -0.39 is 0 Å². The zero-order valence-electron chi connectivity index (χ0n) is 5.76. The van der Waals surface area contributed by atoms with Gasteiger partial charge in [0.15, 0.2) is 0 Å². The van der Waals surface area contributed by atoms with Crippen LogP contribution in [0.25, 0.3) is 0 Å². The predicted octanol–water partition coefficient (Wildman–Crippen LogP) is 0.285. The van der Waals surface area contributed by atoms with Crippen LogP contribution in [0.1, 0.15) is 6.42 Å². The van der Waals surface area contributed by atoms with E-state index in [1.807, 2.05) is 0 Å². The molecule has 0 aromatic carbocycles. The average Bonchev–Trinajstić information content (AvgIpc) is 2.30. The minimum atomic E-state index is -0.132. The molecule has 0 amide bonds. The number of carbonyl (C=O) groups excluding carboxylic acids is 1. The molecule has 0 aromatic rings. The normalized spacial score (nSPS) is 32.4. The maximum absolute atomic E-state index is 10.9. The van der Waals surface area contributed by atoms with Gasteiger partial charge in [0.1, 0.15) is 12.1 Å². The number of rotatable bonds is 2. The Labute approximate surface area is 68.3 Å². The van der Waals surface area contributed by atoms with Crippen molar-refractivity contribution in [2.45, 2.75) is 18.6 Å². The third-order valence-corrected chi connectivity index (χ3v) is 2.31. The van der Waals surface area contributed by atoms with Crippen molar-refractivity contribution in [2.24, 2.45) is 0 Å². The van der Waals surface area contributed by atoms with Crippen molar-refractivity contribution in [1.82, 2.24) is 5.32 Å². The van der Waals surface area contributed by atoms with Crippen LogP contribution in [0.2, 0.25) is 0 Å². The summed E-state index contributed by atoms with van der Waals surface area (Å²) in [4.78, 5) is 10.9. The molecule has 0 aromatic heterocycles.